The molecule has 1 saturated carbocycles. The van der Waals surface area contributed by atoms with Crippen LogP contribution in [0.4, 0.5) is 0 Å². The number of hydrogen-bond donors (Lipinski definition) is 0. The van der Waals surface area contributed by atoms with Gasteiger partial charge in [-0.25, -0.2) is 0 Å². The van der Waals surface area contributed by atoms with Gasteiger partial charge in [-0.1, -0.05) is 37.3 Å². The predicted octanol–water partition coefficient (Wildman–Crippen LogP) is 2.61. The van der Waals surface area contributed by atoms with Crippen LogP contribution < -0.4 is 0 Å². The molecule has 2 amide bonds. The molecule has 100 valence electrons. The minimum absolute atomic E-state index is 0.0467. The summed E-state index contributed by atoms with van der Waals surface area (Å²) in [6.45, 7) is 2.60. The van der Waals surface area contributed by atoms with Crippen LogP contribution in [-0.4, -0.2) is 16.7 Å². The molecule has 3 atom stereocenters. The molecule has 3 rings (SSSR count). The molecule has 0 aromatic heterocycles. The van der Waals surface area contributed by atoms with Gasteiger partial charge in [-0.2, -0.15) is 0 Å². The Labute approximate surface area is 113 Å². The van der Waals surface area contributed by atoms with Crippen molar-refractivity contribution in [2.45, 2.75) is 32.7 Å². The maximum atomic E-state index is 12.4. The van der Waals surface area contributed by atoms with Crippen LogP contribution in [-0.2, 0) is 16.1 Å². The normalized spacial score (nSPS) is 30.6. The summed E-state index contributed by atoms with van der Waals surface area (Å²) in [7, 11) is 0. The summed E-state index contributed by atoms with van der Waals surface area (Å²) in [5.74, 6) is 0.554. The van der Waals surface area contributed by atoms with Gasteiger partial charge < -0.3 is 0 Å². The molecule has 1 aromatic carbocycles. The Morgan fingerprint density at radius 2 is 1.74 bits per heavy atom. The van der Waals surface area contributed by atoms with Gasteiger partial charge in [0.05, 0.1) is 18.4 Å². The lowest BCUT2D eigenvalue weighted by Crippen LogP contribution is -2.30. The number of carbonyl (C=O) groups excluding carboxylic acids is 2. The Balaban J connectivity index is 1.80. The van der Waals surface area contributed by atoms with Crippen LogP contribution in [0.25, 0.3) is 0 Å². The predicted molar refractivity (Wildman–Crippen MR) is 72.0 cm³/mol. The van der Waals surface area contributed by atoms with Gasteiger partial charge >= 0.3 is 0 Å². The molecule has 1 aliphatic heterocycles. The molecule has 1 aliphatic carbocycles. The van der Waals surface area contributed by atoms with Gasteiger partial charge in [-0.05, 0) is 30.7 Å². The fraction of sp³-hybridized carbons (Fsp3) is 0.500. The summed E-state index contributed by atoms with van der Waals surface area (Å²) in [6.07, 6.45) is 2.82. The number of imide groups is 1. The van der Waals surface area contributed by atoms with Gasteiger partial charge in [0.15, 0.2) is 0 Å². The van der Waals surface area contributed by atoms with E-state index < -0.39 is 0 Å². The Bertz CT molecular complexity index is 497. The molecule has 0 N–H and O–H groups in total. The Morgan fingerprint density at radius 1 is 1.05 bits per heavy atom. The Morgan fingerprint density at radius 3 is 2.47 bits per heavy atom. The summed E-state index contributed by atoms with van der Waals surface area (Å²) in [5.41, 5.74) is 1.02. The standard InChI is InChI=1S/C16H19NO2/c1-11-7-8-13-14(9-11)16(19)17(15(13)18)10-12-5-3-2-4-6-12/h2-6,11,13-14H,7-10H2,1H3. The van der Waals surface area contributed by atoms with E-state index in [9.17, 15) is 9.59 Å². The second-order valence-electron chi connectivity index (χ2n) is 5.88. The highest BCUT2D eigenvalue weighted by Gasteiger charge is 2.49. The first-order valence-corrected chi connectivity index (χ1v) is 7.06. The molecule has 1 saturated heterocycles. The maximum absolute atomic E-state index is 12.4. The number of amides is 2. The van der Waals surface area contributed by atoms with Crippen molar-refractivity contribution in [3.8, 4) is 0 Å². The smallest absolute Gasteiger partial charge is 0.233 e. The summed E-state index contributed by atoms with van der Waals surface area (Å²) in [5, 5.41) is 0. The summed E-state index contributed by atoms with van der Waals surface area (Å²) in [4.78, 5) is 26.2. The third-order valence-corrected chi connectivity index (χ3v) is 4.46. The molecule has 1 heterocycles. The highest BCUT2D eigenvalue weighted by molar-refractivity contribution is 6.05. The molecule has 2 aliphatic rings. The van der Waals surface area contributed by atoms with E-state index in [-0.39, 0.29) is 23.7 Å². The van der Waals surface area contributed by atoms with Gasteiger partial charge in [0.25, 0.3) is 0 Å². The average Bonchev–Trinajstić information content (AvgIpc) is 2.65. The number of likely N-dealkylation sites (tertiary alicyclic amines) is 1. The molecule has 0 radical (unpaired) electrons. The van der Waals surface area contributed by atoms with Gasteiger partial charge in [-0.3, -0.25) is 14.5 Å². The summed E-state index contributed by atoms with van der Waals surface area (Å²) < 4.78 is 0. The third-order valence-electron chi connectivity index (χ3n) is 4.46. The van der Waals surface area contributed by atoms with E-state index in [2.05, 4.69) is 6.92 Å². The molecule has 3 nitrogen and oxygen atoms in total. The SMILES string of the molecule is CC1CCC2C(=O)N(Cc3ccccc3)C(=O)C2C1. The molecular weight excluding hydrogens is 238 g/mol. The third kappa shape index (κ3) is 2.18. The van der Waals surface area contributed by atoms with E-state index in [1.165, 1.54) is 4.90 Å². The second-order valence-corrected chi connectivity index (χ2v) is 5.88. The van der Waals surface area contributed by atoms with Gasteiger partial charge in [0.1, 0.15) is 0 Å². The van der Waals surface area contributed by atoms with E-state index in [1.807, 2.05) is 30.3 Å². The van der Waals surface area contributed by atoms with Gasteiger partial charge in [0, 0.05) is 0 Å². The van der Waals surface area contributed by atoms with Crippen LogP contribution in [0.1, 0.15) is 31.7 Å². The van der Waals surface area contributed by atoms with Crippen molar-refractivity contribution in [2.75, 3.05) is 0 Å². The van der Waals surface area contributed by atoms with Crippen molar-refractivity contribution in [2.24, 2.45) is 17.8 Å². The van der Waals surface area contributed by atoms with Crippen molar-refractivity contribution in [1.29, 1.82) is 0 Å². The maximum Gasteiger partial charge on any atom is 0.233 e. The van der Waals surface area contributed by atoms with E-state index in [1.54, 1.807) is 0 Å². The number of fused-ring (bicyclic) bond motifs is 1. The van der Waals surface area contributed by atoms with Gasteiger partial charge in [0.2, 0.25) is 11.8 Å². The first-order valence-electron chi connectivity index (χ1n) is 7.06. The lowest BCUT2D eigenvalue weighted by Gasteiger charge is -2.25. The van der Waals surface area contributed by atoms with Crippen LogP contribution in [0.3, 0.4) is 0 Å². The fourth-order valence-electron chi connectivity index (χ4n) is 3.38. The summed E-state index contributed by atoms with van der Waals surface area (Å²) in [6, 6.07) is 9.75. The van der Waals surface area contributed by atoms with Crippen LogP contribution in [0, 0.1) is 17.8 Å². The lowest BCUT2D eigenvalue weighted by molar-refractivity contribution is -0.140. The number of nitrogens with zero attached hydrogens (tertiary/aromatic N) is 1. The van der Waals surface area contributed by atoms with Crippen molar-refractivity contribution >= 4 is 11.8 Å². The second kappa shape index (κ2) is 4.80. The minimum Gasteiger partial charge on any atom is -0.278 e. The van der Waals surface area contributed by atoms with Crippen molar-refractivity contribution < 1.29 is 9.59 Å². The van der Waals surface area contributed by atoms with Crippen molar-refractivity contribution in [3.05, 3.63) is 35.9 Å². The molecule has 0 spiro atoms. The largest absolute Gasteiger partial charge is 0.278 e. The first-order chi connectivity index (χ1) is 9.16. The number of carbonyl (C=O) groups is 2. The van der Waals surface area contributed by atoms with E-state index in [4.69, 9.17) is 0 Å². The van der Waals surface area contributed by atoms with E-state index >= 15 is 0 Å². The molecular formula is C16H19NO2. The minimum atomic E-state index is -0.0556. The number of rotatable bonds is 2. The van der Waals surface area contributed by atoms with Crippen LogP contribution in [0.5, 0.6) is 0 Å². The van der Waals surface area contributed by atoms with Crippen molar-refractivity contribution in [3.63, 3.8) is 0 Å². The lowest BCUT2D eigenvalue weighted by atomic mass is 9.76. The van der Waals surface area contributed by atoms with E-state index in [0.717, 1.165) is 24.8 Å². The van der Waals surface area contributed by atoms with Crippen LogP contribution in [0.2, 0.25) is 0 Å². The van der Waals surface area contributed by atoms with E-state index in [0.29, 0.717) is 12.5 Å². The molecule has 3 heteroatoms. The fourth-order valence-corrected chi connectivity index (χ4v) is 3.38. The Kier molecular flexibility index (Phi) is 3.13. The van der Waals surface area contributed by atoms with Crippen molar-refractivity contribution in [1.82, 2.24) is 4.90 Å². The number of hydrogen-bond acceptors (Lipinski definition) is 2. The topological polar surface area (TPSA) is 37.4 Å². The Hall–Kier alpha value is -1.64. The molecule has 2 fully saturated rings. The highest BCUT2D eigenvalue weighted by atomic mass is 16.2. The first kappa shape index (κ1) is 12.4. The quantitative estimate of drug-likeness (QED) is 0.764. The average molecular weight is 257 g/mol. The summed E-state index contributed by atoms with van der Waals surface area (Å²) >= 11 is 0. The van der Waals surface area contributed by atoms with Gasteiger partial charge in [-0.15, -0.1) is 0 Å². The monoisotopic (exact) mass is 257 g/mol. The van der Waals surface area contributed by atoms with Crippen LogP contribution in [0.15, 0.2) is 30.3 Å². The number of benzene rings is 1. The molecule has 0 bridgehead atoms. The highest BCUT2D eigenvalue weighted by Crippen LogP contribution is 2.40. The van der Waals surface area contributed by atoms with Crippen LogP contribution >= 0.6 is 0 Å². The zero-order chi connectivity index (χ0) is 13.4. The molecule has 3 unspecified atom stereocenters. The zero-order valence-corrected chi connectivity index (χ0v) is 11.2. The molecule has 19 heavy (non-hydrogen) atoms. The zero-order valence-electron chi connectivity index (χ0n) is 11.2. The molecule has 1 aromatic rings.